The van der Waals surface area contributed by atoms with Gasteiger partial charge < -0.3 is 4.42 Å². The number of nitriles is 1. The average molecular weight is 580 g/mol. The first-order chi connectivity index (χ1) is 22.2. The molecule has 0 N–H and O–H groups in total. The van der Waals surface area contributed by atoms with Crippen molar-refractivity contribution < 1.29 is 4.42 Å². The van der Waals surface area contributed by atoms with Gasteiger partial charge in [-0.3, -0.25) is 0 Å². The first-order valence-corrected chi connectivity index (χ1v) is 15.8. The smallest absolute Gasteiger partial charge is 0.180 e. The van der Waals surface area contributed by atoms with Gasteiger partial charge >= 0.3 is 0 Å². The maximum absolute atomic E-state index is 9.34. The molecule has 214 valence electrons. The van der Waals surface area contributed by atoms with Crippen LogP contribution in [0.2, 0.25) is 0 Å². The second kappa shape index (κ2) is 10.0. The van der Waals surface area contributed by atoms with E-state index in [0.717, 1.165) is 33.3 Å². The van der Waals surface area contributed by atoms with Gasteiger partial charge in [0.15, 0.2) is 11.4 Å². The van der Waals surface area contributed by atoms with Crippen molar-refractivity contribution in [1.29, 1.82) is 5.26 Å². The minimum absolute atomic E-state index is 0.0560. The molecule has 0 saturated heterocycles. The van der Waals surface area contributed by atoms with E-state index in [-0.39, 0.29) is 5.41 Å². The molecule has 1 spiro atoms. The molecule has 9 rings (SSSR count). The molecule has 0 aliphatic heterocycles. The van der Waals surface area contributed by atoms with E-state index in [1.165, 1.54) is 65.5 Å². The minimum atomic E-state index is 0.0560. The van der Waals surface area contributed by atoms with Crippen molar-refractivity contribution in [2.24, 2.45) is 0 Å². The number of hydrogen-bond acceptors (Lipinski definition) is 4. The van der Waals surface area contributed by atoms with Crippen LogP contribution in [0.25, 0.3) is 67.0 Å². The molecule has 4 heteroatoms. The average Bonchev–Trinajstić information content (AvgIpc) is 3.62. The Morgan fingerprint density at radius 2 is 1.38 bits per heavy atom. The fourth-order valence-electron chi connectivity index (χ4n) is 7.92. The zero-order chi connectivity index (χ0) is 30.0. The summed E-state index contributed by atoms with van der Waals surface area (Å²) in [5, 5.41) is 10.3. The van der Waals surface area contributed by atoms with Gasteiger partial charge in [-0.15, -0.1) is 0 Å². The number of fused-ring (bicyclic) bond motifs is 8. The van der Waals surface area contributed by atoms with Crippen LogP contribution in [-0.2, 0) is 5.41 Å². The van der Waals surface area contributed by atoms with Crippen LogP contribution in [-0.4, -0.2) is 9.97 Å². The molecule has 1 fully saturated rings. The maximum Gasteiger partial charge on any atom is 0.180 e. The number of furan rings is 1. The Morgan fingerprint density at radius 1 is 0.644 bits per heavy atom. The summed E-state index contributed by atoms with van der Waals surface area (Å²) in [6.45, 7) is 0. The van der Waals surface area contributed by atoms with Crippen molar-refractivity contribution >= 4 is 22.1 Å². The Balaban J connectivity index is 1.26. The van der Waals surface area contributed by atoms with Crippen molar-refractivity contribution in [2.75, 3.05) is 0 Å². The summed E-state index contributed by atoms with van der Waals surface area (Å²) in [5.41, 5.74) is 13.8. The molecule has 0 amide bonds. The fraction of sp³-hybridized carbons (Fsp3) is 0.146. The SMILES string of the molecule is N#Cc1ccc(-c2nc(-c3cccc(-c4cccc5c4C4(CCCCC4)c4ccccc4-5)c3)c3oc4ccccc4c3n2)cc1. The first-order valence-electron chi connectivity index (χ1n) is 15.8. The lowest BCUT2D eigenvalue weighted by Crippen LogP contribution is -2.28. The summed E-state index contributed by atoms with van der Waals surface area (Å²) in [5.74, 6) is 0.608. The van der Waals surface area contributed by atoms with E-state index in [0.29, 0.717) is 17.0 Å². The number of nitrogens with zero attached hydrogens (tertiary/aromatic N) is 3. The van der Waals surface area contributed by atoms with Gasteiger partial charge in [0.05, 0.1) is 11.6 Å². The summed E-state index contributed by atoms with van der Waals surface area (Å²) in [4.78, 5) is 10.1. The summed E-state index contributed by atoms with van der Waals surface area (Å²) in [6, 6.07) is 42.3. The quantitative estimate of drug-likeness (QED) is 0.209. The van der Waals surface area contributed by atoms with Gasteiger partial charge in [0.25, 0.3) is 0 Å². The number of benzene rings is 5. The van der Waals surface area contributed by atoms with Gasteiger partial charge in [0.2, 0.25) is 0 Å². The maximum atomic E-state index is 9.34. The monoisotopic (exact) mass is 579 g/mol. The van der Waals surface area contributed by atoms with Crippen molar-refractivity contribution in [3.63, 3.8) is 0 Å². The van der Waals surface area contributed by atoms with Gasteiger partial charge in [0, 0.05) is 21.9 Å². The van der Waals surface area contributed by atoms with Crippen LogP contribution < -0.4 is 0 Å². The zero-order valence-electron chi connectivity index (χ0n) is 24.8. The van der Waals surface area contributed by atoms with Crippen molar-refractivity contribution in [3.05, 3.63) is 132 Å². The third-order valence-electron chi connectivity index (χ3n) is 9.92. The fourth-order valence-corrected chi connectivity index (χ4v) is 7.92. The van der Waals surface area contributed by atoms with E-state index < -0.39 is 0 Å². The highest BCUT2D eigenvalue weighted by molar-refractivity contribution is 6.07. The van der Waals surface area contributed by atoms with Crippen LogP contribution in [0.15, 0.2) is 120 Å². The number of para-hydroxylation sites is 1. The van der Waals surface area contributed by atoms with E-state index in [9.17, 15) is 5.26 Å². The summed E-state index contributed by atoms with van der Waals surface area (Å²) < 4.78 is 6.45. The van der Waals surface area contributed by atoms with Crippen LogP contribution in [0.1, 0.15) is 48.8 Å². The predicted octanol–water partition coefficient (Wildman–Crippen LogP) is 10.5. The third-order valence-corrected chi connectivity index (χ3v) is 9.92. The molecule has 0 bridgehead atoms. The molecule has 2 heterocycles. The number of hydrogen-bond donors (Lipinski definition) is 0. The van der Waals surface area contributed by atoms with Crippen LogP contribution in [0.5, 0.6) is 0 Å². The van der Waals surface area contributed by atoms with Gasteiger partial charge in [-0.25, -0.2) is 9.97 Å². The van der Waals surface area contributed by atoms with Gasteiger partial charge in [0.1, 0.15) is 16.8 Å². The van der Waals surface area contributed by atoms with E-state index in [1.807, 2.05) is 48.5 Å². The van der Waals surface area contributed by atoms with E-state index in [4.69, 9.17) is 14.4 Å². The molecule has 1 saturated carbocycles. The Kier molecular flexibility index (Phi) is 5.76. The zero-order valence-corrected chi connectivity index (χ0v) is 24.8. The van der Waals surface area contributed by atoms with Crippen molar-refractivity contribution in [3.8, 4) is 51.0 Å². The molecular formula is C41H29N3O. The molecular weight excluding hydrogens is 550 g/mol. The Labute approximate surface area is 261 Å². The Morgan fingerprint density at radius 3 is 2.24 bits per heavy atom. The molecule has 7 aromatic rings. The Hall–Kier alpha value is -5.53. The van der Waals surface area contributed by atoms with Crippen LogP contribution in [0.3, 0.4) is 0 Å². The lowest BCUT2D eigenvalue weighted by atomic mass is 9.66. The van der Waals surface area contributed by atoms with Crippen LogP contribution in [0, 0.1) is 11.3 Å². The lowest BCUT2D eigenvalue weighted by molar-refractivity contribution is 0.353. The van der Waals surface area contributed by atoms with Gasteiger partial charge in [-0.2, -0.15) is 5.26 Å². The molecule has 5 aromatic carbocycles. The molecule has 2 aliphatic carbocycles. The largest absolute Gasteiger partial charge is 0.452 e. The lowest BCUT2D eigenvalue weighted by Gasteiger charge is -2.37. The molecule has 45 heavy (non-hydrogen) atoms. The molecule has 0 radical (unpaired) electrons. The van der Waals surface area contributed by atoms with Crippen molar-refractivity contribution in [1.82, 2.24) is 9.97 Å². The van der Waals surface area contributed by atoms with E-state index in [1.54, 1.807) is 0 Å². The van der Waals surface area contributed by atoms with Crippen molar-refractivity contribution in [2.45, 2.75) is 37.5 Å². The van der Waals surface area contributed by atoms with E-state index in [2.05, 4.69) is 72.8 Å². The molecule has 4 nitrogen and oxygen atoms in total. The highest BCUT2D eigenvalue weighted by Crippen LogP contribution is 2.58. The molecule has 2 aromatic heterocycles. The topological polar surface area (TPSA) is 62.7 Å². The summed E-state index contributed by atoms with van der Waals surface area (Å²) in [7, 11) is 0. The number of rotatable bonds is 3. The normalized spacial score (nSPS) is 14.8. The van der Waals surface area contributed by atoms with E-state index >= 15 is 0 Å². The minimum Gasteiger partial charge on any atom is -0.452 e. The first kappa shape index (κ1) is 25.9. The summed E-state index contributed by atoms with van der Waals surface area (Å²) >= 11 is 0. The molecule has 0 unspecified atom stereocenters. The highest BCUT2D eigenvalue weighted by atomic mass is 16.3. The van der Waals surface area contributed by atoms with Gasteiger partial charge in [-0.05, 0) is 88.7 Å². The van der Waals surface area contributed by atoms with Crippen LogP contribution >= 0.6 is 0 Å². The summed E-state index contributed by atoms with van der Waals surface area (Å²) in [6.07, 6.45) is 6.19. The highest BCUT2D eigenvalue weighted by Gasteiger charge is 2.45. The third kappa shape index (κ3) is 3.90. The Bertz CT molecular complexity index is 2320. The standard InChI is InChI=1S/C41H29N3O/c42-25-26-18-20-27(21-19-26)40-43-37(39-38(44-40)33-13-3-5-17-35(33)45-39)29-11-8-10-28(24-29)30-14-9-15-32-31-12-2-4-16-34(31)41(36(30)32)22-6-1-7-23-41/h2-5,8-21,24H,1,6-7,22-23H2. The number of aromatic nitrogens is 2. The predicted molar refractivity (Wildman–Crippen MR) is 180 cm³/mol. The van der Waals surface area contributed by atoms with Gasteiger partial charge in [-0.1, -0.05) is 92.1 Å². The molecule has 0 atom stereocenters. The van der Waals surface area contributed by atoms with Crippen LogP contribution in [0.4, 0.5) is 0 Å². The molecule has 2 aliphatic rings. The second-order valence-electron chi connectivity index (χ2n) is 12.4. The second-order valence-corrected chi connectivity index (χ2v) is 12.4.